The maximum atomic E-state index is 5.36. The van der Waals surface area contributed by atoms with E-state index >= 15 is 0 Å². The SMILES string of the molecule is CN(C)CCc1noc(CCN)n1.Cl.Cl. The van der Waals surface area contributed by atoms with Crippen LogP contribution in [0.4, 0.5) is 0 Å². The number of nitrogens with two attached hydrogens (primary N) is 1. The van der Waals surface area contributed by atoms with E-state index in [4.69, 9.17) is 10.3 Å². The van der Waals surface area contributed by atoms with Gasteiger partial charge in [-0.25, -0.2) is 0 Å². The smallest absolute Gasteiger partial charge is 0.227 e. The average Bonchev–Trinajstić information content (AvgIpc) is 2.50. The van der Waals surface area contributed by atoms with Gasteiger partial charge in [-0.15, -0.1) is 24.8 Å². The van der Waals surface area contributed by atoms with Gasteiger partial charge in [0.15, 0.2) is 5.82 Å². The molecule has 0 unspecified atom stereocenters. The Hall–Kier alpha value is -0.360. The van der Waals surface area contributed by atoms with E-state index in [9.17, 15) is 0 Å². The molecule has 15 heavy (non-hydrogen) atoms. The second-order valence-corrected chi connectivity index (χ2v) is 3.20. The van der Waals surface area contributed by atoms with Crippen molar-refractivity contribution >= 4 is 24.8 Å². The van der Waals surface area contributed by atoms with Gasteiger partial charge in [0.05, 0.1) is 0 Å². The summed E-state index contributed by atoms with van der Waals surface area (Å²) in [6.07, 6.45) is 1.48. The lowest BCUT2D eigenvalue weighted by atomic mass is 10.4. The minimum Gasteiger partial charge on any atom is -0.339 e. The molecule has 1 heterocycles. The molecule has 7 heteroatoms. The Bertz CT molecular complexity index is 255. The first kappa shape index (κ1) is 17.0. The third-order valence-corrected chi connectivity index (χ3v) is 1.65. The summed E-state index contributed by atoms with van der Waals surface area (Å²) in [6.45, 7) is 1.48. The molecular weight excluding hydrogens is 239 g/mol. The predicted molar refractivity (Wildman–Crippen MR) is 63.8 cm³/mol. The second-order valence-electron chi connectivity index (χ2n) is 3.20. The van der Waals surface area contributed by atoms with Crippen LogP contribution in [0, 0.1) is 0 Å². The van der Waals surface area contributed by atoms with Crippen molar-refractivity contribution in [3.63, 3.8) is 0 Å². The number of rotatable bonds is 5. The average molecular weight is 257 g/mol. The molecule has 0 aromatic carbocycles. The van der Waals surface area contributed by atoms with Gasteiger partial charge in [-0.05, 0) is 14.1 Å². The quantitative estimate of drug-likeness (QED) is 0.832. The van der Waals surface area contributed by atoms with Gasteiger partial charge in [0.1, 0.15) is 0 Å². The molecule has 0 fully saturated rings. The molecule has 0 aliphatic rings. The zero-order valence-corrected chi connectivity index (χ0v) is 10.6. The molecule has 1 aromatic rings. The van der Waals surface area contributed by atoms with Gasteiger partial charge >= 0.3 is 0 Å². The fourth-order valence-electron chi connectivity index (χ4n) is 0.940. The summed E-state index contributed by atoms with van der Waals surface area (Å²) < 4.78 is 4.98. The monoisotopic (exact) mass is 256 g/mol. The summed E-state index contributed by atoms with van der Waals surface area (Å²) >= 11 is 0. The van der Waals surface area contributed by atoms with Gasteiger partial charge in [0.25, 0.3) is 0 Å². The maximum Gasteiger partial charge on any atom is 0.227 e. The van der Waals surface area contributed by atoms with Gasteiger partial charge < -0.3 is 15.2 Å². The number of hydrogen-bond acceptors (Lipinski definition) is 5. The summed E-state index contributed by atoms with van der Waals surface area (Å²) in [4.78, 5) is 6.27. The molecule has 0 aliphatic carbocycles. The molecule has 0 amide bonds. The molecule has 1 rings (SSSR count). The molecule has 90 valence electrons. The van der Waals surface area contributed by atoms with Crippen molar-refractivity contribution in [1.82, 2.24) is 15.0 Å². The van der Waals surface area contributed by atoms with E-state index in [1.807, 2.05) is 14.1 Å². The minimum atomic E-state index is 0. The van der Waals surface area contributed by atoms with Crippen molar-refractivity contribution < 1.29 is 4.52 Å². The van der Waals surface area contributed by atoms with Crippen molar-refractivity contribution in [1.29, 1.82) is 0 Å². The number of hydrogen-bond donors (Lipinski definition) is 1. The summed E-state index contributed by atoms with van der Waals surface area (Å²) in [7, 11) is 4.03. The summed E-state index contributed by atoms with van der Waals surface area (Å²) in [5, 5.41) is 3.84. The van der Waals surface area contributed by atoms with E-state index in [-0.39, 0.29) is 24.8 Å². The Kier molecular flexibility index (Phi) is 10.1. The van der Waals surface area contributed by atoms with Crippen molar-refractivity contribution in [2.24, 2.45) is 5.73 Å². The van der Waals surface area contributed by atoms with Crippen LogP contribution in [0.5, 0.6) is 0 Å². The van der Waals surface area contributed by atoms with Crippen LogP contribution < -0.4 is 5.73 Å². The predicted octanol–water partition coefficient (Wildman–Crippen LogP) is 0.518. The van der Waals surface area contributed by atoms with E-state index in [2.05, 4.69) is 15.0 Å². The third kappa shape index (κ3) is 6.67. The van der Waals surface area contributed by atoms with Gasteiger partial charge in [0, 0.05) is 25.9 Å². The second kappa shape index (κ2) is 8.91. The molecule has 2 N–H and O–H groups in total. The Morgan fingerprint density at radius 1 is 1.27 bits per heavy atom. The molecule has 5 nitrogen and oxygen atoms in total. The normalized spacial score (nSPS) is 9.60. The van der Waals surface area contributed by atoms with Crippen molar-refractivity contribution in [2.45, 2.75) is 12.8 Å². The molecular formula is C8H18Cl2N4O. The van der Waals surface area contributed by atoms with Crippen LogP contribution >= 0.6 is 24.8 Å². The van der Waals surface area contributed by atoms with Gasteiger partial charge in [0.2, 0.25) is 5.89 Å². The lowest BCUT2D eigenvalue weighted by molar-refractivity contribution is 0.366. The van der Waals surface area contributed by atoms with Crippen LogP contribution in [0.3, 0.4) is 0 Å². The molecule has 0 spiro atoms. The van der Waals surface area contributed by atoms with E-state index in [1.165, 1.54) is 0 Å². The number of likely N-dealkylation sites (N-methyl/N-ethyl adjacent to an activating group) is 1. The Labute approximate surface area is 102 Å². The van der Waals surface area contributed by atoms with E-state index < -0.39 is 0 Å². The van der Waals surface area contributed by atoms with Gasteiger partial charge in [-0.2, -0.15) is 4.98 Å². The largest absolute Gasteiger partial charge is 0.339 e. The first-order valence-corrected chi connectivity index (χ1v) is 4.38. The standard InChI is InChI=1S/C8H16N4O.2ClH/c1-12(2)6-4-7-10-8(3-5-9)13-11-7;;/h3-6,9H2,1-2H3;2*1H. The highest BCUT2D eigenvalue weighted by molar-refractivity contribution is 5.85. The van der Waals surface area contributed by atoms with E-state index in [0.29, 0.717) is 18.9 Å². The Balaban J connectivity index is 0. The Morgan fingerprint density at radius 2 is 1.93 bits per heavy atom. The Morgan fingerprint density at radius 3 is 2.47 bits per heavy atom. The van der Waals surface area contributed by atoms with Crippen LogP contribution in [0.1, 0.15) is 11.7 Å². The molecule has 0 aliphatic heterocycles. The lowest BCUT2D eigenvalue weighted by Crippen LogP contribution is -2.15. The molecule has 1 aromatic heterocycles. The highest BCUT2D eigenvalue weighted by Crippen LogP contribution is 1.98. The maximum absolute atomic E-state index is 5.36. The van der Waals surface area contributed by atoms with Crippen molar-refractivity contribution in [3.05, 3.63) is 11.7 Å². The number of nitrogens with zero attached hydrogens (tertiary/aromatic N) is 3. The van der Waals surface area contributed by atoms with Crippen LogP contribution in [0.25, 0.3) is 0 Å². The molecule has 0 bridgehead atoms. The fourth-order valence-corrected chi connectivity index (χ4v) is 0.940. The number of aromatic nitrogens is 2. The first-order valence-electron chi connectivity index (χ1n) is 4.38. The van der Waals surface area contributed by atoms with Crippen molar-refractivity contribution in [2.75, 3.05) is 27.2 Å². The lowest BCUT2D eigenvalue weighted by Gasteiger charge is -2.05. The fraction of sp³-hybridized carbons (Fsp3) is 0.750. The van der Waals surface area contributed by atoms with E-state index in [1.54, 1.807) is 0 Å². The van der Waals surface area contributed by atoms with Gasteiger partial charge in [-0.3, -0.25) is 0 Å². The number of halogens is 2. The van der Waals surface area contributed by atoms with Crippen LogP contribution in [-0.4, -0.2) is 42.2 Å². The highest BCUT2D eigenvalue weighted by atomic mass is 35.5. The zero-order chi connectivity index (χ0) is 9.68. The molecule has 0 saturated heterocycles. The highest BCUT2D eigenvalue weighted by Gasteiger charge is 2.04. The zero-order valence-electron chi connectivity index (χ0n) is 8.97. The summed E-state index contributed by atoms with van der Waals surface area (Å²) in [5.74, 6) is 1.40. The first-order chi connectivity index (χ1) is 6.22. The summed E-state index contributed by atoms with van der Waals surface area (Å²) in [5.41, 5.74) is 5.36. The van der Waals surface area contributed by atoms with Crippen LogP contribution in [0.15, 0.2) is 4.52 Å². The third-order valence-electron chi connectivity index (χ3n) is 1.65. The minimum absolute atomic E-state index is 0. The van der Waals surface area contributed by atoms with Gasteiger partial charge in [-0.1, -0.05) is 5.16 Å². The van der Waals surface area contributed by atoms with Crippen LogP contribution in [0.2, 0.25) is 0 Å². The topological polar surface area (TPSA) is 68.2 Å². The molecule has 0 radical (unpaired) electrons. The van der Waals surface area contributed by atoms with Crippen molar-refractivity contribution in [3.8, 4) is 0 Å². The van der Waals surface area contributed by atoms with Crippen LogP contribution in [-0.2, 0) is 12.8 Å². The van der Waals surface area contributed by atoms with E-state index in [0.717, 1.165) is 18.8 Å². The molecule has 0 atom stereocenters. The summed E-state index contributed by atoms with van der Waals surface area (Å²) in [6, 6.07) is 0. The molecule has 0 saturated carbocycles.